The highest BCUT2D eigenvalue weighted by molar-refractivity contribution is 5.20. The van der Waals surface area contributed by atoms with E-state index in [4.69, 9.17) is 0 Å². The normalized spacial score (nSPS) is 9.47. The molecule has 0 spiro atoms. The summed E-state index contributed by atoms with van der Waals surface area (Å²) in [4.78, 5) is 0. The second kappa shape index (κ2) is 7.09. The molecule has 15 heavy (non-hydrogen) atoms. The molecule has 0 heteroatoms. The van der Waals surface area contributed by atoms with Crippen LogP contribution in [0.1, 0.15) is 38.7 Å². The number of benzene rings is 1. The van der Waals surface area contributed by atoms with Gasteiger partial charge in [-0.2, -0.15) is 0 Å². The van der Waals surface area contributed by atoms with Crippen LogP contribution in [0.2, 0.25) is 0 Å². The summed E-state index contributed by atoms with van der Waals surface area (Å²) in [7, 11) is 0. The van der Waals surface area contributed by atoms with Gasteiger partial charge in [0.2, 0.25) is 0 Å². The Morgan fingerprint density at radius 1 is 1.27 bits per heavy atom. The molecule has 0 aliphatic carbocycles. The topological polar surface area (TPSA) is 0 Å². The third kappa shape index (κ3) is 5.24. The molecule has 0 aliphatic rings. The summed E-state index contributed by atoms with van der Waals surface area (Å²) in [6, 6.07) is 10.6. The molecule has 0 N–H and O–H groups in total. The highest BCUT2D eigenvalue weighted by atomic mass is 14.0. The first-order chi connectivity index (χ1) is 7.33. The fourth-order valence-corrected chi connectivity index (χ4v) is 1.51. The molecule has 0 heterocycles. The van der Waals surface area contributed by atoms with Gasteiger partial charge in [-0.25, -0.2) is 0 Å². The Morgan fingerprint density at radius 3 is 2.67 bits per heavy atom. The molecule has 80 valence electrons. The maximum absolute atomic E-state index is 3.36. The first kappa shape index (κ1) is 11.8. The predicted octanol–water partition coefficient (Wildman–Crippen LogP) is 4.52. The number of hydrogen-bond donors (Lipinski definition) is 0. The summed E-state index contributed by atoms with van der Waals surface area (Å²) < 4.78 is 0. The molecular weight excluding hydrogens is 180 g/mol. The van der Waals surface area contributed by atoms with Crippen LogP contribution in [-0.2, 0) is 6.42 Å². The second-order valence-electron chi connectivity index (χ2n) is 3.93. The van der Waals surface area contributed by atoms with E-state index in [-0.39, 0.29) is 0 Å². The van der Waals surface area contributed by atoms with Crippen LogP contribution in [0.3, 0.4) is 0 Å². The van der Waals surface area contributed by atoms with Crippen molar-refractivity contribution >= 4 is 0 Å². The van der Waals surface area contributed by atoms with E-state index in [0.29, 0.717) is 0 Å². The Labute approximate surface area is 93.3 Å². The molecular formula is C15H20. The van der Waals surface area contributed by atoms with Crippen molar-refractivity contribution in [2.24, 2.45) is 0 Å². The Balaban J connectivity index is 2.48. The van der Waals surface area contributed by atoms with Crippen LogP contribution in [0.25, 0.3) is 0 Å². The van der Waals surface area contributed by atoms with Crippen LogP contribution >= 0.6 is 0 Å². The zero-order valence-electron chi connectivity index (χ0n) is 9.79. The van der Waals surface area contributed by atoms with Crippen molar-refractivity contribution in [1.29, 1.82) is 0 Å². The lowest BCUT2D eigenvalue weighted by Gasteiger charge is -1.98. The smallest absolute Gasteiger partial charge is 0.000622 e. The van der Waals surface area contributed by atoms with E-state index in [1.54, 1.807) is 0 Å². The molecule has 0 aromatic heterocycles. The predicted molar refractivity (Wildman–Crippen MR) is 66.9 cm³/mol. The average Bonchev–Trinajstić information content (AvgIpc) is 2.26. The van der Waals surface area contributed by atoms with Crippen molar-refractivity contribution < 1.29 is 0 Å². The molecule has 0 amide bonds. The Kier molecular flexibility index (Phi) is 5.58. The van der Waals surface area contributed by atoms with Gasteiger partial charge in [-0.05, 0) is 37.0 Å². The fourth-order valence-electron chi connectivity index (χ4n) is 1.51. The Morgan fingerprint density at radius 2 is 2.00 bits per heavy atom. The second-order valence-corrected chi connectivity index (χ2v) is 3.93. The van der Waals surface area contributed by atoms with Gasteiger partial charge in [0, 0.05) is 6.42 Å². The van der Waals surface area contributed by atoms with Gasteiger partial charge in [-0.1, -0.05) is 43.7 Å². The molecule has 0 aliphatic heterocycles. The van der Waals surface area contributed by atoms with Crippen LogP contribution in [0.5, 0.6) is 0 Å². The number of rotatable bonds is 5. The van der Waals surface area contributed by atoms with Crippen molar-refractivity contribution in [3.63, 3.8) is 0 Å². The highest BCUT2D eigenvalue weighted by Crippen LogP contribution is 2.06. The number of allylic oxidation sites excluding steroid dienone is 1. The van der Waals surface area contributed by atoms with E-state index in [1.165, 1.54) is 24.0 Å². The maximum Gasteiger partial charge on any atom is 0.000622 e. The minimum absolute atomic E-state index is 1.02. The van der Waals surface area contributed by atoms with Crippen molar-refractivity contribution in [3.05, 3.63) is 53.3 Å². The van der Waals surface area contributed by atoms with Crippen LogP contribution in [0, 0.1) is 0 Å². The summed E-state index contributed by atoms with van der Waals surface area (Å²) in [5, 5.41) is 0. The summed E-state index contributed by atoms with van der Waals surface area (Å²) in [6.45, 7) is 4.36. The first-order valence-corrected chi connectivity index (χ1v) is 5.77. The van der Waals surface area contributed by atoms with Gasteiger partial charge in [-0.15, -0.1) is 5.73 Å². The molecule has 0 saturated carbocycles. The molecule has 0 saturated heterocycles. The summed E-state index contributed by atoms with van der Waals surface area (Å²) in [5.41, 5.74) is 6.04. The first-order valence-electron chi connectivity index (χ1n) is 5.77. The minimum Gasteiger partial charge on any atom is -0.126 e. The van der Waals surface area contributed by atoms with E-state index >= 15 is 0 Å². The molecule has 1 aromatic carbocycles. The standard InChI is InChI=1S/C15H20/c1-3-4-5-7-10-14(2)13-15-11-8-6-9-12-15/h6-9,11-12H,3-5,13H2,1-2H3. The van der Waals surface area contributed by atoms with E-state index in [1.807, 2.05) is 0 Å². The van der Waals surface area contributed by atoms with Crippen molar-refractivity contribution in [3.8, 4) is 0 Å². The summed E-state index contributed by atoms with van der Waals surface area (Å²) in [6.07, 6.45) is 6.87. The highest BCUT2D eigenvalue weighted by Gasteiger charge is 1.91. The molecule has 0 fully saturated rings. The maximum atomic E-state index is 3.36. The lowest BCUT2D eigenvalue weighted by molar-refractivity contribution is 0.815. The molecule has 0 atom stereocenters. The summed E-state index contributed by atoms with van der Waals surface area (Å²) >= 11 is 0. The zero-order valence-corrected chi connectivity index (χ0v) is 9.79. The van der Waals surface area contributed by atoms with E-state index in [0.717, 1.165) is 12.8 Å². The van der Waals surface area contributed by atoms with Gasteiger partial charge >= 0.3 is 0 Å². The molecule has 1 rings (SSSR count). The van der Waals surface area contributed by atoms with Gasteiger partial charge in [0.15, 0.2) is 0 Å². The molecule has 1 aromatic rings. The Hall–Kier alpha value is -1.26. The molecule has 0 radical (unpaired) electrons. The van der Waals surface area contributed by atoms with Crippen LogP contribution in [0.4, 0.5) is 0 Å². The van der Waals surface area contributed by atoms with Gasteiger partial charge in [0.05, 0.1) is 0 Å². The van der Waals surface area contributed by atoms with Crippen molar-refractivity contribution in [2.45, 2.75) is 39.5 Å². The van der Waals surface area contributed by atoms with Gasteiger partial charge in [0.1, 0.15) is 0 Å². The number of hydrogen-bond acceptors (Lipinski definition) is 0. The van der Waals surface area contributed by atoms with Crippen LogP contribution < -0.4 is 0 Å². The molecule has 0 bridgehead atoms. The van der Waals surface area contributed by atoms with Gasteiger partial charge in [0.25, 0.3) is 0 Å². The monoisotopic (exact) mass is 200 g/mol. The van der Waals surface area contributed by atoms with Crippen molar-refractivity contribution in [2.75, 3.05) is 0 Å². The molecule has 0 nitrogen and oxygen atoms in total. The number of unbranched alkanes of at least 4 members (excludes halogenated alkanes) is 2. The molecule has 0 unspecified atom stereocenters. The van der Waals surface area contributed by atoms with Crippen LogP contribution in [-0.4, -0.2) is 0 Å². The summed E-state index contributed by atoms with van der Waals surface area (Å²) in [5.74, 6) is 0. The SMILES string of the molecule is CCCCC=C=C(C)Cc1ccccc1. The largest absolute Gasteiger partial charge is 0.126 e. The third-order valence-corrected chi connectivity index (χ3v) is 2.36. The van der Waals surface area contributed by atoms with E-state index < -0.39 is 0 Å². The lowest BCUT2D eigenvalue weighted by atomic mass is 10.1. The average molecular weight is 200 g/mol. The third-order valence-electron chi connectivity index (χ3n) is 2.36. The van der Waals surface area contributed by atoms with Crippen LogP contribution in [0.15, 0.2) is 47.7 Å². The van der Waals surface area contributed by atoms with E-state index in [2.05, 4.69) is 56.0 Å². The minimum atomic E-state index is 1.02. The van der Waals surface area contributed by atoms with Gasteiger partial charge in [-0.3, -0.25) is 0 Å². The van der Waals surface area contributed by atoms with Gasteiger partial charge < -0.3 is 0 Å². The van der Waals surface area contributed by atoms with Crippen molar-refractivity contribution in [1.82, 2.24) is 0 Å². The van der Waals surface area contributed by atoms with E-state index in [9.17, 15) is 0 Å². The zero-order chi connectivity index (χ0) is 10.9. The fraction of sp³-hybridized carbons (Fsp3) is 0.400. The lowest BCUT2D eigenvalue weighted by Crippen LogP contribution is -1.84. The Bertz CT molecular complexity index is 326. The quantitative estimate of drug-likeness (QED) is 0.484.